The Labute approximate surface area is 141 Å². The molecule has 1 fully saturated rings. The number of nitriles is 1. The van der Waals surface area contributed by atoms with E-state index < -0.39 is 0 Å². The molecule has 0 aliphatic carbocycles. The maximum absolute atomic E-state index is 9.39. The number of aliphatic hydroxyl groups is 1. The molecule has 1 aliphatic heterocycles. The van der Waals surface area contributed by atoms with Crippen molar-refractivity contribution in [2.45, 2.75) is 11.9 Å². The summed E-state index contributed by atoms with van der Waals surface area (Å²) in [6.45, 7) is -0.0794. The number of imidazole rings is 1. The number of hydrogen-bond donors (Lipinski definition) is 1. The molecule has 1 N–H and O–H groups in total. The topological polar surface area (TPSA) is 74.7 Å². The van der Waals surface area contributed by atoms with Crippen LogP contribution in [0, 0.1) is 11.3 Å². The highest BCUT2D eigenvalue weighted by molar-refractivity contribution is 8.25. The zero-order valence-corrected chi connectivity index (χ0v) is 13.7. The van der Waals surface area contributed by atoms with Gasteiger partial charge in [0.05, 0.1) is 33.1 Å². The monoisotopic (exact) mass is 350 g/mol. The Kier molecular flexibility index (Phi) is 4.74. The van der Waals surface area contributed by atoms with E-state index in [1.165, 1.54) is 0 Å². The first-order chi connectivity index (χ1) is 10.7. The van der Waals surface area contributed by atoms with E-state index >= 15 is 0 Å². The molecule has 5 nitrogen and oxygen atoms in total. The van der Waals surface area contributed by atoms with Gasteiger partial charge >= 0.3 is 0 Å². The van der Waals surface area contributed by atoms with E-state index in [1.807, 2.05) is 0 Å². The summed E-state index contributed by atoms with van der Waals surface area (Å²) in [4.78, 5) is 8.34. The van der Waals surface area contributed by atoms with Crippen LogP contribution in [0.4, 0.5) is 0 Å². The molecule has 0 bridgehead atoms. The van der Waals surface area contributed by atoms with Gasteiger partial charge in [0.15, 0.2) is 0 Å². The third kappa shape index (κ3) is 3.01. The molecule has 2 aromatic rings. The van der Waals surface area contributed by atoms with E-state index in [0.29, 0.717) is 16.3 Å². The molecule has 0 saturated carbocycles. The summed E-state index contributed by atoms with van der Waals surface area (Å²) in [5.74, 6) is 0.797. The number of aliphatic hydroxyl groups excluding tert-OH is 1. The first-order valence-corrected chi connectivity index (χ1v) is 8.64. The van der Waals surface area contributed by atoms with Crippen molar-refractivity contribution in [1.82, 2.24) is 14.5 Å². The second kappa shape index (κ2) is 6.75. The van der Waals surface area contributed by atoms with Crippen LogP contribution in [0.3, 0.4) is 0 Å². The molecular weight excluding hydrogens is 340 g/mol. The summed E-state index contributed by atoms with van der Waals surface area (Å²) >= 11 is 9.46. The van der Waals surface area contributed by atoms with Crippen LogP contribution in [-0.4, -0.2) is 25.4 Å². The summed E-state index contributed by atoms with van der Waals surface area (Å²) in [5, 5.41) is 19.1. The van der Waals surface area contributed by atoms with Crippen molar-refractivity contribution < 1.29 is 5.11 Å². The Morgan fingerprint density at radius 1 is 1.59 bits per heavy atom. The van der Waals surface area contributed by atoms with Crippen LogP contribution in [0.25, 0.3) is 5.70 Å². The molecule has 3 heterocycles. The summed E-state index contributed by atoms with van der Waals surface area (Å²) in [6, 6.07) is 3.96. The van der Waals surface area contributed by atoms with Gasteiger partial charge in [-0.2, -0.15) is 5.26 Å². The molecule has 112 valence electrons. The molecule has 1 aliphatic rings. The van der Waals surface area contributed by atoms with Crippen LogP contribution >= 0.6 is 35.1 Å². The van der Waals surface area contributed by atoms with Gasteiger partial charge in [0.25, 0.3) is 0 Å². The van der Waals surface area contributed by atoms with Gasteiger partial charge in [0, 0.05) is 24.3 Å². The van der Waals surface area contributed by atoms with Crippen molar-refractivity contribution in [3.63, 3.8) is 0 Å². The number of rotatable bonds is 3. The molecule has 1 unspecified atom stereocenters. The minimum Gasteiger partial charge on any atom is -0.392 e. The average molecular weight is 351 g/mol. The number of aromatic nitrogens is 3. The third-order valence-corrected chi connectivity index (χ3v) is 6.28. The summed E-state index contributed by atoms with van der Waals surface area (Å²) in [7, 11) is 0. The van der Waals surface area contributed by atoms with Crippen LogP contribution in [0.5, 0.6) is 0 Å². The fraction of sp³-hybridized carbons (Fsp3) is 0.214. The van der Waals surface area contributed by atoms with Gasteiger partial charge < -0.3 is 5.11 Å². The lowest BCUT2D eigenvalue weighted by Gasteiger charge is -2.10. The van der Waals surface area contributed by atoms with E-state index in [1.54, 1.807) is 59.1 Å². The standard InChI is InChI=1S/C14H11ClN4OS2/c15-10-3-9(6-20)5-18-13(10)12-7-21-14(22-12)11(4-16)19-2-1-17-8-19/h1-3,5,8,12,20H,6-7H2/b14-11+. The first-order valence-electron chi connectivity index (χ1n) is 6.40. The fourth-order valence-corrected chi connectivity index (χ4v) is 5.27. The lowest BCUT2D eigenvalue weighted by molar-refractivity contribution is 0.281. The van der Waals surface area contributed by atoms with Crippen LogP contribution in [0.2, 0.25) is 5.02 Å². The van der Waals surface area contributed by atoms with E-state index in [4.69, 9.17) is 16.7 Å². The van der Waals surface area contributed by atoms with Crippen LogP contribution in [0.1, 0.15) is 16.5 Å². The minimum atomic E-state index is -0.0794. The maximum Gasteiger partial charge on any atom is 0.145 e. The van der Waals surface area contributed by atoms with Gasteiger partial charge in [-0.15, -0.1) is 23.5 Å². The van der Waals surface area contributed by atoms with Crippen molar-refractivity contribution in [2.75, 3.05) is 5.75 Å². The van der Waals surface area contributed by atoms with Crippen molar-refractivity contribution in [3.8, 4) is 6.07 Å². The summed E-state index contributed by atoms with van der Waals surface area (Å²) in [6.07, 6.45) is 6.64. The third-order valence-electron chi connectivity index (χ3n) is 3.09. The Hall–Kier alpha value is -1.46. The molecule has 0 spiro atoms. The Balaban J connectivity index is 1.88. The van der Waals surface area contributed by atoms with E-state index in [-0.39, 0.29) is 11.9 Å². The number of thioether (sulfide) groups is 2. The maximum atomic E-state index is 9.39. The normalized spacial score (nSPS) is 20.0. The van der Waals surface area contributed by atoms with Crippen LogP contribution in [0.15, 0.2) is 35.2 Å². The van der Waals surface area contributed by atoms with E-state index in [9.17, 15) is 5.26 Å². The highest BCUT2D eigenvalue weighted by Crippen LogP contribution is 2.52. The number of allylic oxidation sites excluding steroid dienone is 1. The van der Waals surface area contributed by atoms with Gasteiger partial charge in [-0.25, -0.2) is 4.98 Å². The number of nitrogens with zero attached hydrogens (tertiary/aromatic N) is 4. The molecule has 2 aromatic heterocycles. The Bertz CT molecular complexity index is 755. The van der Waals surface area contributed by atoms with E-state index in [2.05, 4.69) is 16.0 Å². The molecular formula is C14H11ClN4OS2. The van der Waals surface area contributed by atoms with Crippen molar-refractivity contribution in [2.24, 2.45) is 0 Å². The molecule has 3 rings (SSSR count). The van der Waals surface area contributed by atoms with Gasteiger partial charge in [-0.3, -0.25) is 9.55 Å². The number of pyridine rings is 1. The van der Waals surface area contributed by atoms with Crippen molar-refractivity contribution in [1.29, 1.82) is 5.26 Å². The molecule has 0 amide bonds. The van der Waals surface area contributed by atoms with E-state index in [0.717, 1.165) is 15.7 Å². The molecule has 0 radical (unpaired) electrons. The second-order valence-electron chi connectivity index (χ2n) is 4.50. The van der Waals surface area contributed by atoms with Crippen LogP contribution in [-0.2, 0) is 6.61 Å². The molecule has 1 atom stereocenters. The zero-order valence-electron chi connectivity index (χ0n) is 11.3. The summed E-state index contributed by atoms with van der Waals surface area (Å²) < 4.78 is 2.65. The Morgan fingerprint density at radius 2 is 2.45 bits per heavy atom. The zero-order chi connectivity index (χ0) is 15.5. The first kappa shape index (κ1) is 15.4. The molecule has 8 heteroatoms. The average Bonchev–Trinajstić information content (AvgIpc) is 3.20. The fourth-order valence-electron chi connectivity index (χ4n) is 2.02. The predicted octanol–water partition coefficient (Wildman–Crippen LogP) is 3.29. The highest BCUT2D eigenvalue weighted by atomic mass is 35.5. The number of hydrogen-bond acceptors (Lipinski definition) is 6. The second-order valence-corrected chi connectivity index (χ2v) is 7.41. The largest absolute Gasteiger partial charge is 0.392 e. The van der Waals surface area contributed by atoms with Gasteiger partial charge in [0.1, 0.15) is 11.8 Å². The molecule has 22 heavy (non-hydrogen) atoms. The smallest absolute Gasteiger partial charge is 0.145 e. The molecule has 0 aromatic carbocycles. The van der Waals surface area contributed by atoms with Crippen molar-refractivity contribution in [3.05, 3.63) is 51.5 Å². The highest BCUT2D eigenvalue weighted by Gasteiger charge is 2.28. The van der Waals surface area contributed by atoms with Crippen molar-refractivity contribution >= 4 is 40.8 Å². The quantitative estimate of drug-likeness (QED) is 0.856. The van der Waals surface area contributed by atoms with Gasteiger partial charge in [0.2, 0.25) is 0 Å². The number of halogens is 1. The van der Waals surface area contributed by atoms with Crippen LogP contribution < -0.4 is 0 Å². The molecule has 1 saturated heterocycles. The Morgan fingerprint density at radius 3 is 3.09 bits per heavy atom. The lowest BCUT2D eigenvalue weighted by Crippen LogP contribution is -1.99. The summed E-state index contributed by atoms with van der Waals surface area (Å²) in [5.41, 5.74) is 2.05. The van der Waals surface area contributed by atoms with Gasteiger partial charge in [-0.05, 0) is 11.6 Å². The minimum absolute atomic E-state index is 0.0794. The lowest BCUT2D eigenvalue weighted by atomic mass is 10.2. The predicted molar refractivity (Wildman–Crippen MR) is 89.0 cm³/mol. The van der Waals surface area contributed by atoms with Gasteiger partial charge in [-0.1, -0.05) is 11.6 Å². The SMILES string of the molecule is N#C/C(=C1/SCC(c2ncc(CO)cc2Cl)S1)n1ccnc1.